The Hall–Kier alpha value is -3.08. The Kier molecular flexibility index (Phi) is 3.16. The summed E-state index contributed by atoms with van der Waals surface area (Å²) < 4.78 is 5.17. The van der Waals surface area contributed by atoms with E-state index in [-0.39, 0.29) is 11.6 Å². The second-order valence-electron chi connectivity index (χ2n) is 4.63. The maximum Gasteiger partial charge on any atom is 0.363 e. The Balaban J connectivity index is 1.93. The molecule has 0 aliphatic carbocycles. The van der Waals surface area contributed by atoms with Gasteiger partial charge in [-0.2, -0.15) is 0 Å². The van der Waals surface area contributed by atoms with Gasteiger partial charge in [0.2, 0.25) is 5.90 Å². The molecule has 1 heterocycles. The highest BCUT2D eigenvalue weighted by Crippen LogP contribution is 2.20. The summed E-state index contributed by atoms with van der Waals surface area (Å²) >= 11 is 0. The SMILES string of the molecule is Nc1ccc(C2=N/C(=C\c3cccc(N)c3)C(=O)O2)cc1. The summed E-state index contributed by atoms with van der Waals surface area (Å²) in [7, 11) is 0. The summed E-state index contributed by atoms with van der Waals surface area (Å²) in [5.41, 5.74) is 14.3. The van der Waals surface area contributed by atoms with Gasteiger partial charge in [0.05, 0.1) is 0 Å². The van der Waals surface area contributed by atoms with Crippen LogP contribution in [0.2, 0.25) is 0 Å². The van der Waals surface area contributed by atoms with Crippen molar-refractivity contribution in [3.8, 4) is 0 Å². The first-order valence-corrected chi connectivity index (χ1v) is 6.36. The fourth-order valence-corrected chi connectivity index (χ4v) is 1.96. The monoisotopic (exact) mass is 279 g/mol. The zero-order chi connectivity index (χ0) is 14.8. The Labute approximate surface area is 121 Å². The zero-order valence-corrected chi connectivity index (χ0v) is 11.1. The van der Waals surface area contributed by atoms with Gasteiger partial charge in [0.15, 0.2) is 5.70 Å². The first kappa shape index (κ1) is 12.9. The largest absolute Gasteiger partial charge is 0.402 e. The number of nitrogen functional groups attached to an aromatic ring is 2. The Bertz CT molecular complexity index is 761. The van der Waals surface area contributed by atoms with Crippen molar-refractivity contribution in [3.63, 3.8) is 0 Å². The first-order valence-electron chi connectivity index (χ1n) is 6.36. The van der Waals surface area contributed by atoms with Gasteiger partial charge in [-0.25, -0.2) is 9.79 Å². The van der Waals surface area contributed by atoms with E-state index in [9.17, 15) is 4.79 Å². The van der Waals surface area contributed by atoms with Crippen molar-refractivity contribution in [2.75, 3.05) is 11.5 Å². The topological polar surface area (TPSA) is 90.7 Å². The van der Waals surface area contributed by atoms with Crippen LogP contribution in [0.3, 0.4) is 0 Å². The van der Waals surface area contributed by atoms with E-state index in [0.29, 0.717) is 16.9 Å². The molecule has 0 fully saturated rings. The molecule has 0 aromatic heterocycles. The lowest BCUT2D eigenvalue weighted by Crippen LogP contribution is -2.05. The molecular formula is C16H13N3O2. The lowest BCUT2D eigenvalue weighted by atomic mass is 10.2. The highest BCUT2D eigenvalue weighted by atomic mass is 16.6. The second-order valence-corrected chi connectivity index (χ2v) is 4.63. The predicted octanol–water partition coefficient (Wildman–Crippen LogP) is 2.20. The van der Waals surface area contributed by atoms with E-state index in [2.05, 4.69) is 4.99 Å². The quantitative estimate of drug-likeness (QED) is 0.501. The van der Waals surface area contributed by atoms with Crippen LogP contribution in [0.5, 0.6) is 0 Å². The van der Waals surface area contributed by atoms with Gasteiger partial charge in [-0.1, -0.05) is 12.1 Å². The molecule has 0 spiro atoms. The lowest BCUT2D eigenvalue weighted by molar-refractivity contribution is -0.129. The van der Waals surface area contributed by atoms with Crippen molar-refractivity contribution < 1.29 is 9.53 Å². The first-order chi connectivity index (χ1) is 10.1. The maximum atomic E-state index is 11.9. The van der Waals surface area contributed by atoms with Crippen molar-refractivity contribution in [3.05, 3.63) is 65.4 Å². The molecule has 3 rings (SSSR count). The molecule has 104 valence electrons. The molecule has 0 saturated heterocycles. The molecule has 0 unspecified atom stereocenters. The van der Waals surface area contributed by atoms with E-state index in [1.807, 2.05) is 12.1 Å². The number of carbonyl (C=O) groups is 1. The number of ether oxygens (including phenoxy) is 1. The van der Waals surface area contributed by atoms with Crippen LogP contribution in [0.25, 0.3) is 6.08 Å². The standard InChI is InChI=1S/C16H13N3O2/c17-12-6-4-11(5-7-12)15-19-14(16(20)21-15)9-10-2-1-3-13(18)8-10/h1-9H,17-18H2/b14-9-. The third-order valence-corrected chi connectivity index (χ3v) is 2.99. The molecule has 21 heavy (non-hydrogen) atoms. The number of nitrogens with zero attached hydrogens (tertiary/aromatic N) is 1. The summed E-state index contributed by atoms with van der Waals surface area (Å²) in [6.07, 6.45) is 1.64. The number of hydrogen-bond acceptors (Lipinski definition) is 5. The van der Waals surface area contributed by atoms with Crippen LogP contribution in [-0.4, -0.2) is 11.9 Å². The number of esters is 1. The van der Waals surface area contributed by atoms with Crippen LogP contribution in [0, 0.1) is 0 Å². The fraction of sp³-hybridized carbons (Fsp3) is 0. The van der Waals surface area contributed by atoms with Crippen molar-refractivity contribution >= 4 is 29.3 Å². The number of benzene rings is 2. The van der Waals surface area contributed by atoms with E-state index in [1.54, 1.807) is 42.5 Å². The van der Waals surface area contributed by atoms with Crippen LogP contribution in [0.1, 0.15) is 11.1 Å². The molecule has 0 amide bonds. The van der Waals surface area contributed by atoms with E-state index >= 15 is 0 Å². The molecule has 1 aliphatic rings. The van der Waals surface area contributed by atoms with Crippen molar-refractivity contribution in [2.24, 2.45) is 4.99 Å². The molecule has 5 nitrogen and oxygen atoms in total. The summed E-state index contributed by atoms with van der Waals surface area (Å²) in [6, 6.07) is 14.2. The van der Waals surface area contributed by atoms with Gasteiger partial charge in [-0.05, 0) is 48.0 Å². The van der Waals surface area contributed by atoms with Gasteiger partial charge in [0, 0.05) is 16.9 Å². The number of nitrogens with two attached hydrogens (primary N) is 2. The van der Waals surface area contributed by atoms with Crippen LogP contribution < -0.4 is 11.5 Å². The summed E-state index contributed by atoms with van der Waals surface area (Å²) in [5.74, 6) is -0.209. The Morgan fingerprint density at radius 1 is 1.00 bits per heavy atom. The number of carbonyl (C=O) groups excluding carboxylic acids is 1. The van der Waals surface area contributed by atoms with Gasteiger partial charge in [0.1, 0.15) is 0 Å². The normalized spacial score (nSPS) is 15.9. The number of aliphatic imine (C=N–C) groups is 1. The van der Waals surface area contributed by atoms with Crippen molar-refractivity contribution in [1.29, 1.82) is 0 Å². The molecular weight excluding hydrogens is 266 g/mol. The third-order valence-electron chi connectivity index (χ3n) is 2.99. The van der Waals surface area contributed by atoms with Crippen molar-refractivity contribution in [1.82, 2.24) is 0 Å². The number of hydrogen-bond donors (Lipinski definition) is 2. The highest BCUT2D eigenvalue weighted by molar-refractivity contribution is 6.12. The minimum Gasteiger partial charge on any atom is -0.402 e. The predicted molar refractivity (Wildman–Crippen MR) is 82.3 cm³/mol. The molecule has 0 radical (unpaired) electrons. The van der Waals surface area contributed by atoms with Gasteiger partial charge in [-0.3, -0.25) is 0 Å². The van der Waals surface area contributed by atoms with E-state index < -0.39 is 5.97 Å². The molecule has 2 aromatic carbocycles. The summed E-state index contributed by atoms with van der Waals surface area (Å²) in [5, 5.41) is 0. The molecule has 0 bridgehead atoms. The van der Waals surface area contributed by atoms with E-state index in [1.165, 1.54) is 0 Å². The van der Waals surface area contributed by atoms with Crippen LogP contribution in [0.4, 0.5) is 11.4 Å². The number of anilines is 2. The highest BCUT2D eigenvalue weighted by Gasteiger charge is 2.23. The van der Waals surface area contributed by atoms with Crippen LogP contribution >= 0.6 is 0 Å². The third kappa shape index (κ3) is 2.76. The Morgan fingerprint density at radius 2 is 1.76 bits per heavy atom. The van der Waals surface area contributed by atoms with Gasteiger partial charge >= 0.3 is 5.97 Å². The van der Waals surface area contributed by atoms with E-state index in [4.69, 9.17) is 16.2 Å². The van der Waals surface area contributed by atoms with Gasteiger partial charge in [-0.15, -0.1) is 0 Å². The minimum absolute atomic E-state index is 0.243. The van der Waals surface area contributed by atoms with Gasteiger partial charge in [0.25, 0.3) is 0 Å². The average Bonchev–Trinajstić information content (AvgIpc) is 2.81. The second kappa shape index (κ2) is 5.13. The summed E-state index contributed by atoms with van der Waals surface area (Å²) in [6.45, 7) is 0. The zero-order valence-electron chi connectivity index (χ0n) is 11.1. The molecule has 2 aromatic rings. The number of cyclic esters (lactones) is 1. The smallest absolute Gasteiger partial charge is 0.363 e. The fourth-order valence-electron chi connectivity index (χ4n) is 1.96. The molecule has 0 atom stereocenters. The van der Waals surface area contributed by atoms with Crippen LogP contribution in [0.15, 0.2) is 59.2 Å². The average molecular weight is 279 g/mol. The Morgan fingerprint density at radius 3 is 2.48 bits per heavy atom. The molecule has 4 N–H and O–H groups in total. The summed E-state index contributed by atoms with van der Waals surface area (Å²) in [4.78, 5) is 16.1. The maximum absolute atomic E-state index is 11.9. The molecule has 1 aliphatic heterocycles. The van der Waals surface area contributed by atoms with E-state index in [0.717, 1.165) is 5.56 Å². The van der Waals surface area contributed by atoms with Crippen molar-refractivity contribution in [2.45, 2.75) is 0 Å². The minimum atomic E-state index is -0.482. The van der Waals surface area contributed by atoms with Crippen LogP contribution in [-0.2, 0) is 9.53 Å². The number of rotatable bonds is 2. The van der Waals surface area contributed by atoms with Gasteiger partial charge < -0.3 is 16.2 Å². The molecule has 0 saturated carbocycles. The lowest BCUT2D eigenvalue weighted by Gasteiger charge is -1.99. The molecule has 5 heteroatoms.